The van der Waals surface area contributed by atoms with E-state index in [0.717, 1.165) is 18.2 Å². The van der Waals surface area contributed by atoms with Crippen LogP contribution < -0.4 is 5.32 Å². The van der Waals surface area contributed by atoms with Gasteiger partial charge in [0.1, 0.15) is 11.7 Å². The fourth-order valence-corrected chi connectivity index (χ4v) is 4.18. The number of nitrogens with zero attached hydrogens (tertiary/aromatic N) is 1. The Bertz CT molecular complexity index is 1070. The van der Waals surface area contributed by atoms with Crippen molar-refractivity contribution in [2.75, 3.05) is 17.6 Å². The predicted molar refractivity (Wildman–Crippen MR) is 109 cm³/mol. The van der Waals surface area contributed by atoms with Gasteiger partial charge in [-0.3, -0.25) is 0 Å². The van der Waals surface area contributed by atoms with E-state index in [1.165, 1.54) is 38.1 Å². The summed E-state index contributed by atoms with van der Waals surface area (Å²) in [6.45, 7) is 2.45. The molecule has 2 rings (SSSR count). The summed E-state index contributed by atoms with van der Waals surface area (Å²) in [5, 5.41) is 22.2. The third kappa shape index (κ3) is 5.65. The molecular formula is C20H20ClF3N2O3S. The monoisotopic (exact) mass is 460 g/mol. The summed E-state index contributed by atoms with van der Waals surface area (Å²) < 4.78 is 64.4. The number of sulfone groups is 1. The standard InChI is InChI=1S/C20H20ClF3N2O3S/c1-13(2)30(28,29)12-19(27,15-4-3-5-16(8-15)20(22,23)24)11-26-17-7-6-14(10-25)18(21)9-17/h3-9,13,26-27H,11-12H2,1-2H3. The maximum Gasteiger partial charge on any atom is 0.416 e. The molecule has 0 aliphatic carbocycles. The van der Waals surface area contributed by atoms with E-state index in [0.29, 0.717) is 5.69 Å². The zero-order chi connectivity index (χ0) is 22.7. The zero-order valence-corrected chi connectivity index (χ0v) is 17.7. The molecule has 0 fully saturated rings. The number of nitrogens with one attached hydrogen (secondary N) is 1. The Labute approximate surface area is 178 Å². The summed E-state index contributed by atoms with van der Waals surface area (Å²) in [5.41, 5.74) is -2.75. The molecule has 1 atom stereocenters. The number of alkyl halides is 3. The van der Waals surface area contributed by atoms with E-state index in [1.807, 2.05) is 6.07 Å². The van der Waals surface area contributed by atoms with Crippen molar-refractivity contribution in [3.05, 3.63) is 64.2 Å². The van der Waals surface area contributed by atoms with Crippen LogP contribution in [-0.2, 0) is 21.6 Å². The van der Waals surface area contributed by atoms with Gasteiger partial charge in [0, 0.05) is 12.2 Å². The maximum atomic E-state index is 13.1. The SMILES string of the molecule is CC(C)S(=O)(=O)CC(O)(CNc1ccc(C#N)c(Cl)c1)c1cccc(C(F)(F)F)c1. The van der Waals surface area contributed by atoms with Crippen LogP contribution in [0.15, 0.2) is 42.5 Å². The Morgan fingerprint density at radius 1 is 1.17 bits per heavy atom. The molecule has 10 heteroatoms. The second-order valence-electron chi connectivity index (χ2n) is 7.13. The van der Waals surface area contributed by atoms with Gasteiger partial charge in [0.05, 0.1) is 27.2 Å². The van der Waals surface area contributed by atoms with Crippen molar-refractivity contribution in [2.24, 2.45) is 0 Å². The molecule has 30 heavy (non-hydrogen) atoms. The van der Waals surface area contributed by atoms with E-state index in [9.17, 15) is 26.7 Å². The van der Waals surface area contributed by atoms with Crippen LogP contribution >= 0.6 is 11.6 Å². The molecule has 0 saturated carbocycles. The van der Waals surface area contributed by atoms with Crippen molar-refractivity contribution >= 4 is 27.1 Å². The highest BCUT2D eigenvalue weighted by Gasteiger charge is 2.38. The number of benzene rings is 2. The predicted octanol–water partition coefficient (Wildman–Crippen LogP) is 4.35. The van der Waals surface area contributed by atoms with Gasteiger partial charge in [-0.05, 0) is 49.7 Å². The van der Waals surface area contributed by atoms with E-state index in [-0.39, 0.29) is 16.1 Å². The Hall–Kier alpha value is -2.28. The molecule has 0 aliphatic heterocycles. The average Bonchev–Trinajstić information content (AvgIpc) is 2.65. The lowest BCUT2D eigenvalue weighted by atomic mass is 9.93. The molecule has 162 valence electrons. The molecule has 0 amide bonds. The first-order valence-electron chi connectivity index (χ1n) is 8.84. The molecule has 2 aromatic rings. The highest BCUT2D eigenvalue weighted by atomic mass is 35.5. The molecule has 0 aromatic heterocycles. The highest BCUT2D eigenvalue weighted by molar-refractivity contribution is 7.92. The molecule has 0 spiro atoms. The van der Waals surface area contributed by atoms with Crippen LogP contribution in [-0.4, -0.2) is 31.1 Å². The van der Waals surface area contributed by atoms with Gasteiger partial charge < -0.3 is 10.4 Å². The zero-order valence-electron chi connectivity index (χ0n) is 16.2. The lowest BCUT2D eigenvalue weighted by Crippen LogP contribution is -2.43. The summed E-state index contributed by atoms with van der Waals surface area (Å²) in [6.07, 6.45) is -4.65. The van der Waals surface area contributed by atoms with Gasteiger partial charge in [-0.1, -0.05) is 23.7 Å². The van der Waals surface area contributed by atoms with Crippen molar-refractivity contribution in [2.45, 2.75) is 30.9 Å². The van der Waals surface area contributed by atoms with Crippen molar-refractivity contribution in [1.29, 1.82) is 5.26 Å². The third-order valence-electron chi connectivity index (χ3n) is 4.56. The lowest BCUT2D eigenvalue weighted by molar-refractivity contribution is -0.137. The second kappa shape index (κ2) is 8.84. The quantitative estimate of drug-likeness (QED) is 0.641. The van der Waals surface area contributed by atoms with Gasteiger partial charge in [0.2, 0.25) is 0 Å². The molecule has 0 heterocycles. The summed E-state index contributed by atoms with van der Waals surface area (Å²) >= 11 is 5.97. The number of anilines is 1. The second-order valence-corrected chi connectivity index (χ2v) is 10.1. The summed E-state index contributed by atoms with van der Waals surface area (Å²) in [5.74, 6) is -0.782. The lowest BCUT2D eigenvalue weighted by Gasteiger charge is -2.30. The topological polar surface area (TPSA) is 90.2 Å². The van der Waals surface area contributed by atoms with Crippen LogP contribution in [0, 0.1) is 11.3 Å². The summed E-state index contributed by atoms with van der Waals surface area (Å²) in [6, 6.07) is 10.2. The minimum absolute atomic E-state index is 0.139. The van der Waals surface area contributed by atoms with Crippen molar-refractivity contribution in [3.8, 4) is 6.07 Å². The molecule has 0 aliphatic rings. The number of hydrogen-bond acceptors (Lipinski definition) is 5. The molecule has 0 radical (unpaired) electrons. The number of rotatable bonds is 7. The molecule has 5 nitrogen and oxygen atoms in total. The normalized spacial score (nSPS) is 14.2. The van der Waals surface area contributed by atoms with Crippen LogP contribution in [0.25, 0.3) is 0 Å². The fraction of sp³-hybridized carbons (Fsp3) is 0.350. The Kier molecular flexibility index (Phi) is 7.07. The number of hydrogen-bond donors (Lipinski definition) is 2. The van der Waals surface area contributed by atoms with Gasteiger partial charge >= 0.3 is 6.18 Å². The van der Waals surface area contributed by atoms with Gasteiger partial charge in [0.15, 0.2) is 9.84 Å². The Morgan fingerprint density at radius 2 is 1.80 bits per heavy atom. The van der Waals surface area contributed by atoms with Crippen LogP contribution in [0.1, 0.15) is 30.5 Å². The molecular weight excluding hydrogens is 441 g/mol. The van der Waals surface area contributed by atoms with E-state index in [1.54, 1.807) is 0 Å². The van der Waals surface area contributed by atoms with Gasteiger partial charge in [-0.15, -0.1) is 0 Å². The summed E-state index contributed by atoms with van der Waals surface area (Å²) in [4.78, 5) is 0. The minimum Gasteiger partial charge on any atom is -0.382 e. The van der Waals surface area contributed by atoms with Gasteiger partial charge in [0.25, 0.3) is 0 Å². The highest BCUT2D eigenvalue weighted by Crippen LogP contribution is 2.33. The molecule has 0 saturated heterocycles. The van der Waals surface area contributed by atoms with Crippen molar-refractivity contribution < 1.29 is 26.7 Å². The summed E-state index contributed by atoms with van der Waals surface area (Å²) in [7, 11) is -3.82. The molecule has 2 N–H and O–H groups in total. The Balaban J connectivity index is 2.44. The van der Waals surface area contributed by atoms with Gasteiger partial charge in [-0.25, -0.2) is 8.42 Å². The average molecular weight is 461 g/mol. The first-order chi connectivity index (χ1) is 13.8. The van der Waals surface area contributed by atoms with Crippen LogP contribution in [0.4, 0.5) is 18.9 Å². The maximum absolute atomic E-state index is 13.1. The van der Waals surface area contributed by atoms with Crippen LogP contribution in [0.3, 0.4) is 0 Å². The first-order valence-corrected chi connectivity index (χ1v) is 10.9. The fourth-order valence-electron chi connectivity index (χ4n) is 2.68. The number of aliphatic hydroxyl groups is 1. The number of halogens is 4. The van der Waals surface area contributed by atoms with E-state index in [2.05, 4.69) is 5.32 Å². The smallest absolute Gasteiger partial charge is 0.382 e. The first kappa shape index (κ1) is 24.0. The van der Waals surface area contributed by atoms with Crippen molar-refractivity contribution in [3.63, 3.8) is 0 Å². The van der Waals surface area contributed by atoms with Crippen molar-refractivity contribution in [1.82, 2.24) is 0 Å². The van der Waals surface area contributed by atoms with E-state index < -0.39 is 44.7 Å². The molecule has 2 aromatic carbocycles. The third-order valence-corrected chi connectivity index (χ3v) is 7.19. The van der Waals surface area contributed by atoms with E-state index >= 15 is 0 Å². The minimum atomic E-state index is -4.65. The Morgan fingerprint density at radius 3 is 2.33 bits per heavy atom. The number of nitriles is 1. The molecule has 1 unspecified atom stereocenters. The largest absolute Gasteiger partial charge is 0.416 e. The van der Waals surface area contributed by atoms with Crippen LogP contribution in [0.5, 0.6) is 0 Å². The van der Waals surface area contributed by atoms with Gasteiger partial charge in [-0.2, -0.15) is 18.4 Å². The van der Waals surface area contributed by atoms with Crippen LogP contribution in [0.2, 0.25) is 5.02 Å². The molecule has 0 bridgehead atoms. The van der Waals surface area contributed by atoms with E-state index in [4.69, 9.17) is 16.9 Å².